The van der Waals surface area contributed by atoms with Crippen LogP contribution < -0.4 is 0 Å². The monoisotopic (exact) mass is 259 g/mol. The SMILES string of the molecule is Cc1cc(C=C(C#N)C(=O)OC(C)C)cc(C)c1O. The number of hydrogen-bond donors (Lipinski definition) is 1. The predicted octanol–water partition coefficient (Wildman–Crippen LogP) is 2.87. The third-order valence-electron chi connectivity index (χ3n) is 2.51. The lowest BCUT2D eigenvalue weighted by atomic mass is 10.0. The first kappa shape index (κ1) is 14.8. The van der Waals surface area contributed by atoms with Crippen molar-refractivity contribution in [3.63, 3.8) is 0 Å². The van der Waals surface area contributed by atoms with Crippen molar-refractivity contribution in [3.8, 4) is 11.8 Å². The van der Waals surface area contributed by atoms with E-state index in [1.165, 1.54) is 6.08 Å². The molecule has 0 aromatic heterocycles. The molecule has 0 spiro atoms. The fourth-order valence-corrected chi connectivity index (χ4v) is 1.65. The number of rotatable bonds is 3. The average molecular weight is 259 g/mol. The summed E-state index contributed by atoms with van der Waals surface area (Å²) in [4.78, 5) is 11.7. The molecule has 0 atom stereocenters. The van der Waals surface area contributed by atoms with Crippen molar-refractivity contribution in [3.05, 3.63) is 34.4 Å². The van der Waals surface area contributed by atoms with Gasteiger partial charge in [0, 0.05) is 0 Å². The summed E-state index contributed by atoms with van der Waals surface area (Å²) in [5, 5.41) is 18.7. The second-order valence-corrected chi connectivity index (χ2v) is 4.63. The fraction of sp³-hybridized carbons (Fsp3) is 0.333. The van der Waals surface area contributed by atoms with E-state index in [2.05, 4.69) is 0 Å². The molecular weight excluding hydrogens is 242 g/mol. The molecule has 0 heterocycles. The quantitative estimate of drug-likeness (QED) is 0.514. The molecule has 4 nitrogen and oxygen atoms in total. The lowest BCUT2D eigenvalue weighted by molar-refractivity contribution is -0.142. The van der Waals surface area contributed by atoms with Crippen molar-refractivity contribution >= 4 is 12.0 Å². The van der Waals surface area contributed by atoms with Crippen molar-refractivity contribution in [1.82, 2.24) is 0 Å². The molecule has 0 aliphatic heterocycles. The summed E-state index contributed by atoms with van der Waals surface area (Å²) in [6, 6.07) is 5.25. The number of benzene rings is 1. The van der Waals surface area contributed by atoms with Crippen LogP contribution in [0.5, 0.6) is 5.75 Å². The van der Waals surface area contributed by atoms with Crippen LogP contribution in [-0.2, 0) is 9.53 Å². The summed E-state index contributed by atoms with van der Waals surface area (Å²) in [7, 11) is 0. The van der Waals surface area contributed by atoms with Gasteiger partial charge in [-0.3, -0.25) is 0 Å². The Bertz CT molecular complexity index is 542. The van der Waals surface area contributed by atoms with Gasteiger partial charge in [0.2, 0.25) is 0 Å². The van der Waals surface area contributed by atoms with Crippen LogP contribution >= 0.6 is 0 Å². The first-order valence-electron chi connectivity index (χ1n) is 5.98. The summed E-state index contributed by atoms with van der Waals surface area (Å²) < 4.78 is 4.98. The first-order valence-corrected chi connectivity index (χ1v) is 5.98. The molecule has 0 radical (unpaired) electrons. The van der Waals surface area contributed by atoms with E-state index in [9.17, 15) is 9.90 Å². The molecule has 1 aromatic rings. The van der Waals surface area contributed by atoms with Crippen LogP contribution in [-0.4, -0.2) is 17.2 Å². The molecule has 0 aliphatic carbocycles. The molecule has 1 aromatic carbocycles. The minimum absolute atomic E-state index is 0.0572. The Morgan fingerprint density at radius 3 is 2.32 bits per heavy atom. The third-order valence-corrected chi connectivity index (χ3v) is 2.51. The summed E-state index contributed by atoms with van der Waals surface area (Å²) in [5.41, 5.74) is 2.02. The molecule has 0 saturated carbocycles. The third kappa shape index (κ3) is 3.85. The van der Waals surface area contributed by atoms with E-state index in [1.807, 2.05) is 6.07 Å². The zero-order chi connectivity index (χ0) is 14.6. The fourth-order valence-electron chi connectivity index (χ4n) is 1.65. The molecule has 0 bridgehead atoms. The smallest absolute Gasteiger partial charge is 0.349 e. The highest BCUT2D eigenvalue weighted by atomic mass is 16.5. The minimum atomic E-state index is -0.638. The van der Waals surface area contributed by atoms with Gasteiger partial charge in [0.05, 0.1) is 6.10 Å². The Kier molecular flexibility index (Phi) is 4.71. The van der Waals surface area contributed by atoms with E-state index in [-0.39, 0.29) is 17.4 Å². The second-order valence-electron chi connectivity index (χ2n) is 4.63. The van der Waals surface area contributed by atoms with E-state index in [4.69, 9.17) is 10.00 Å². The highest BCUT2D eigenvalue weighted by Crippen LogP contribution is 2.24. The van der Waals surface area contributed by atoms with Gasteiger partial charge < -0.3 is 9.84 Å². The van der Waals surface area contributed by atoms with Crippen molar-refractivity contribution in [1.29, 1.82) is 5.26 Å². The van der Waals surface area contributed by atoms with E-state index in [1.54, 1.807) is 39.8 Å². The zero-order valence-electron chi connectivity index (χ0n) is 11.5. The van der Waals surface area contributed by atoms with Crippen LogP contribution in [0, 0.1) is 25.2 Å². The molecule has 19 heavy (non-hydrogen) atoms. The molecule has 0 saturated heterocycles. The number of phenols is 1. The number of ether oxygens (including phenoxy) is 1. The first-order chi connectivity index (χ1) is 8.85. The summed E-state index contributed by atoms with van der Waals surface area (Å²) in [6.45, 7) is 6.97. The van der Waals surface area contributed by atoms with E-state index < -0.39 is 5.97 Å². The lowest BCUT2D eigenvalue weighted by Crippen LogP contribution is -2.12. The summed E-state index contributed by atoms with van der Waals surface area (Å²) in [6.07, 6.45) is 1.19. The van der Waals surface area contributed by atoms with Gasteiger partial charge in [-0.1, -0.05) is 0 Å². The largest absolute Gasteiger partial charge is 0.507 e. The lowest BCUT2D eigenvalue weighted by Gasteiger charge is -2.08. The Hall–Kier alpha value is -2.28. The summed E-state index contributed by atoms with van der Waals surface area (Å²) in [5.74, 6) is -0.415. The molecule has 1 N–H and O–H groups in total. The molecular formula is C15H17NO3. The van der Waals surface area contributed by atoms with Gasteiger partial charge in [-0.2, -0.15) is 5.26 Å². The van der Waals surface area contributed by atoms with E-state index in [0.717, 1.165) is 0 Å². The number of nitrogens with zero attached hydrogens (tertiary/aromatic N) is 1. The zero-order valence-corrected chi connectivity index (χ0v) is 11.5. The van der Waals surface area contributed by atoms with Gasteiger partial charge in [0.25, 0.3) is 0 Å². The summed E-state index contributed by atoms with van der Waals surface area (Å²) >= 11 is 0. The van der Waals surface area contributed by atoms with Crippen molar-refractivity contribution in [2.45, 2.75) is 33.8 Å². The van der Waals surface area contributed by atoms with Crippen LogP contribution in [0.2, 0.25) is 0 Å². The van der Waals surface area contributed by atoms with Crippen LogP contribution in [0.15, 0.2) is 17.7 Å². The maximum Gasteiger partial charge on any atom is 0.349 e. The van der Waals surface area contributed by atoms with Crippen molar-refractivity contribution in [2.24, 2.45) is 0 Å². The highest BCUT2D eigenvalue weighted by molar-refractivity contribution is 5.98. The number of hydrogen-bond acceptors (Lipinski definition) is 4. The van der Waals surface area contributed by atoms with Crippen molar-refractivity contribution < 1.29 is 14.6 Å². The number of phenolic OH excluding ortho intramolecular Hbond substituents is 1. The molecule has 1 rings (SSSR count). The van der Waals surface area contributed by atoms with Crippen LogP contribution in [0.4, 0.5) is 0 Å². The number of nitriles is 1. The number of aryl methyl sites for hydroxylation is 2. The number of esters is 1. The highest BCUT2D eigenvalue weighted by Gasteiger charge is 2.13. The van der Waals surface area contributed by atoms with Crippen LogP contribution in [0.1, 0.15) is 30.5 Å². The molecule has 100 valence electrons. The number of aromatic hydroxyl groups is 1. The second kappa shape index (κ2) is 6.05. The Morgan fingerprint density at radius 1 is 1.37 bits per heavy atom. The van der Waals surface area contributed by atoms with Gasteiger partial charge in [-0.15, -0.1) is 0 Å². The normalized spacial score (nSPS) is 11.3. The van der Waals surface area contributed by atoms with Crippen LogP contribution in [0.25, 0.3) is 6.08 Å². The molecule has 0 aliphatic rings. The van der Waals surface area contributed by atoms with Gasteiger partial charge in [-0.25, -0.2) is 4.79 Å². The Morgan fingerprint density at radius 2 is 1.89 bits per heavy atom. The maximum atomic E-state index is 11.7. The molecule has 0 fully saturated rings. The topological polar surface area (TPSA) is 70.3 Å². The minimum Gasteiger partial charge on any atom is -0.507 e. The van der Waals surface area contributed by atoms with E-state index >= 15 is 0 Å². The van der Waals surface area contributed by atoms with E-state index in [0.29, 0.717) is 16.7 Å². The van der Waals surface area contributed by atoms with Crippen LogP contribution in [0.3, 0.4) is 0 Å². The number of carbonyl (C=O) groups excluding carboxylic acids is 1. The maximum absolute atomic E-state index is 11.7. The van der Waals surface area contributed by atoms with Gasteiger partial charge >= 0.3 is 5.97 Å². The van der Waals surface area contributed by atoms with Gasteiger partial charge in [-0.05, 0) is 62.6 Å². The standard InChI is InChI=1S/C15H17NO3/c1-9(2)19-15(18)13(8-16)7-12-5-10(3)14(17)11(4)6-12/h5-7,9,17H,1-4H3. The Balaban J connectivity index is 3.12. The van der Waals surface area contributed by atoms with Crippen molar-refractivity contribution in [2.75, 3.05) is 0 Å². The molecule has 0 amide bonds. The van der Waals surface area contributed by atoms with Gasteiger partial charge in [0.1, 0.15) is 17.4 Å². The molecule has 0 unspecified atom stereocenters. The predicted molar refractivity (Wildman–Crippen MR) is 72.4 cm³/mol. The Labute approximate surface area is 112 Å². The number of carbonyl (C=O) groups is 1. The molecule has 4 heteroatoms. The van der Waals surface area contributed by atoms with Gasteiger partial charge in [0.15, 0.2) is 0 Å². The average Bonchev–Trinajstić information content (AvgIpc) is 2.31.